The lowest BCUT2D eigenvalue weighted by molar-refractivity contribution is -0.136. The summed E-state index contributed by atoms with van der Waals surface area (Å²) in [5.74, 6) is 0.0694. The molecular formula is C16H26N4O. The molecule has 5 heteroatoms. The molecule has 1 atom stereocenters. The zero-order valence-corrected chi connectivity index (χ0v) is 13.2. The van der Waals surface area contributed by atoms with Crippen molar-refractivity contribution in [3.63, 3.8) is 0 Å². The Hall–Kier alpha value is -1.46. The molecule has 0 aromatic carbocycles. The predicted molar refractivity (Wildman–Crippen MR) is 83.5 cm³/mol. The molecular weight excluding hydrogens is 264 g/mol. The van der Waals surface area contributed by atoms with Gasteiger partial charge in [-0.15, -0.1) is 0 Å². The van der Waals surface area contributed by atoms with E-state index in [1.807, 2.05) is 50.1 Å². The van der Waals surface area contributed by atoms with Crippen molar-refractivity contribution in [3.05, 3.63) is 30.1 Å². The van der Waals surface area contributed by atoms with Crippen molar-refractivity contribution in [1.82, 2.24) is 14.8 Å². The molecule has 1 aromatic heterocycles. The Morgan fingerprint density at radius 2 is 1.95 bits per heavy atom. The number of amides is 1. The SMILES string of the molecule is CC(C)(C)[C@H](N)C(=O)N1CCN(Cc2ccccn2)CC1. The summed E-state index contributed by atoms with van der Waals surface area (Å²) in [5.41, 5.74) is 6.95. The molecule has 0 bridgehead atoms. The summed E-state index contributed by atoms with van der Waals surface area (Å²) >= 11 is 0. The second kappa shape index (κ2) is 6.54. The van der Waals surface area contributed by atoms with Crippen molar-refractivity contribution in [2.75, 3.05) is 26.2 Å². The van der Waals surface area contributed by atoms with E-state index in [9.17, 15) is 4.79 Å². The van der Waals surface area contributed by atoms with E-state index >= 15 is 0 Å². The number of rotatable bonds is 3. The van der Waals surface area contributed by atoms with E-state index in [0.29, 0.717) is 0 Å². The summed E-state index contributed by atoms with van der Waals surface area (Å²) in [7, 11) is 0. The lowest BCUT2D eigenvalue weighted by Crippen LogP contribution is -2.56. The molecule has 21 heavy (non-hydrogen) atoms. The number of nitrogens with zero attached hydrogens (tertiary/aromatic N) is 3. The van der Waals surface area contributed by atoms with Crippen LogP contribution in [0.4, 0.5) is 0 Å². The highest BCUT2D eigenvalue weighted by Gasteiger charge is 2.32. The van der Waals surface area contributed by atoms with E-state index in [1.165, 1.54) is 0 Å². The molecule has 0 saturated carbocycles. The number of aromatic nitrogens is 1. The maximum Gasteiger partial charge on any atom is 0.240 e. The fourth-order valence-corrected chi connectivity index (χ4v) is 2.41. The first-order valence-corrected chi connectivity index (χ1v) is 7.54. The van der Waals surface area contributed by atoms with Gasteiger partial charge >= 0.3 is 0 Å². The molecule has 0 aliphatic carbocycles. The molecule has 1 fully saturated rings. The molecule has 1 saturated heterocycles. The Labute approximate surface area is 127 Å². The quantitative estimate of drug-likeness (QED) is 0.905. The third-order valence-corrected chi connectivity index (χ3v) is 3.99. The number of piperazine rings is 1. The molecule has 116 valence electrons. The molecule has 0 radical (unpaired) electrons. The molecule has 2 N–H and O–H groups in total. The molecule has 1 aliphatic heterocycles. The molecule has 5 nitrogen and oxygen atoms in total. The van der Waals surface area contributed by atoms with Gasteiger partial charge < -0.3 is 10.6 Å². The third kappa shape index (κ3) is 4.25. The highest BCUT2D eigenvalue weighted by Crippen LogP contribution is 2.20. The van der Waals surface area contributed by atoms with E-state index in [0.717, 1.165) is 38.4 Å². The lowest BCUT2D eigenvalue weighted by Gasteiger charge is -2.38. The van der Waals surface area contributed by atoms with Gasteiger partial charge in [0.25, 0.3) is 0 Å². The number of pyridine rings is 1. The van der Waals surface area contributed by atoms with Gasteiger partial charge in [-0.1, -0.05) is 26.8 Å². The van der Waals surface area contributed by atoms with Crippen molar-refractivity contribution < 1.29 is 4.79 Å². The van der Waals surface area contributed by atoms with Crippen molar-refractivity contribution in [2.24, 2.45) is 11.1 Å². The first kappa shape index (κ1) is 15.9. The van der Waals surface area contributed by atoms with Gasteiger partial charge in [0.15, 0.2) is 0 Å². The minimum absolute atomic E-state index is 0.0694. The van der Waals surface area contributed by atoms with Gasteiger partial charge in [0.1, 0.15) is 0 Å². The van der Waals surface area contributed by atoms with Gasteiger partial charge in [0.2, 0.25) is 5.91 Å². The maximum absolute atomic E-state index is 12.4. The van der Waals surface area contributed by atoms with Crippen LogP contribution in [-0.2, 0) is 11.3 Å². The first-order valence-electron chi connectivity index (χ1n) is 7.54. The normalized spacial score (nSPS) is 18.6. The predicted octanol–water partition coefficient (Wildman–Crippen LogP) is 1.10. The summed E-state index contributed by atoms with van der Waals surface area (Å²) in [4.78, 5) is 20.9. The standard InChI is InChI=1S/C16H26N4O/c1-16(2,3)14(17)15(21)20-10-8-19(9-11-20)12-13-6-4-5-7-18-13/h4-7,14H,8-12,17H2,1-3H3/t14-/m1/s1. The van der Waals surface area contributed by atoms with Crippen LogP contribution in [-0.4, -0.2) is 52.9 Å². The second-order valence-electron chi connectivity index (χ2n) is 6.77. The highest BCUT2D eigenvalue weighted by molar-refractivity contribution is 5.82. The van der Waals surface area contributed by atoms with Crippen LogP contribution < -0.4 is 5.73 Å². The summed E-state index contributed by atoms with van der Waals surface area (Å²) in [6, 6.07) is 5.53. The van der Waals surface area contributed by atoms with E-state index in [1.54, 1.807) is 0 Å². The number of nitrogens with two attached hydrogens (primary N) is 1. The zero-order valence-electron chi connectivity index (χ0n) is 13.2. The smallest absolute Gasteiger partial charge is 0.240 e. The minimum Gasteiger partial charge on any atom is -0.339 e. The third-order valence-electron chi connectivity index (χ3n) is 3.99. The molecule has 0 spiro atoms. The number of carbonyl (C=O) groups is 1. The molecule has 1 aliphatic rings. The number of hydrogen-bond donors (Lipinski definition) is 1. The van der Waals surface area contributed by atoms with Gasteiger partial charge in [0, 0.05) is 38.9 Å². The van der Waals surface area contributed by atoms with Crippen LogP contribution in [0.1, 0.15) is 26.5 Å². The van der Waals surface area contributed by atoms with Crippen molar-refractivity contribution in [1.29, 1.82) is 0 Å². The molecule has 2 heterocycles. The van der Waals surface area contributed by atoms with Gasteiger partial charge in [-0.25, -0.2) is 0 Å². The summed E-state index contributed by atoms with van der Waals surface area (Å²) in [5, 5.41) is 0. The van der Waals surface area contributed by atoms with Gasteiger partial charge in [0.05, 0.1) is 11.7 Å². The molecule has 1 aromatic rings. The zero-order chi connectivity index (χ0) is 15.5. The fraction of sp³-hybridized carbons (Fsp3) is 0.625. The van der Waals surface area contributed by atoms with Crippen LogP contribution in [0.25, 0.3) is 0 Å². The molecule has 0 unspecified atom stereocenters. The number of carbonyl (C=O) groups excluding carboxylic acids is 1. The van der Waals surface area contributed by atoms with Crippen LogP contribution in [0.2, 0.25) is 0 Å². The van der Waals surface area contributed by atoms with E-state index in [-0.39, 0.29) is 11.3 Å². The summed E-state index contributed by atoms with van der Waals surface area (Å²) < 4.78 is 0. The fourth-order valence-electron chi connectivity index (χ4n) is 2.41. The largest absolute Gasteiger partial charge is 0.339 e. The van der Waals surface area contributed by atoms with Crippen LogP contribution in [0, 0.1) is 5.41 Å². The second-order valence-corrected chi connectivity index (χ2v) is 6.77. The minimum atomic E-state index is -0.431. The maximum atomic E-state index is 12.4. The van der Waals surface area contributed by atoms with Gasteiger partial charge in [-0.2, -0.15) is 0 Å². The van der Waals surface area contributed by atoms with E-state index in [4.69, 9.17) is 5.73 Å². The topological polar surface area (TPSA) is 62.5 Å². The monoisotopic (exact) mass is 290 g/mol. The summed E-state index contributed by atoms with van der Waals surface area (Å²) in [6.45, 7) is 10.1. The first-order chi connectivity index (χ1) is 9.88. The Balaban J connectivity index is 1.84. The van der Waals surface area contributed by atoms with Gasteiger partial charge in [-0.05, 0) is 17.5 Å². The average molecular weight is 290 g/mol. The average Bonchev–Trinajstić information content (AvgIpc) is 2.46. The lowest BCUT2D eigenvalue weighted by atomic mass is 9.86. The van der Waals surface area contributed by atoms with E-state index in [2.05, 4.69) is 9.88 Å². The summed E-state index contributed by atoms with van der Waals surface area (Å²) in [6.07, 6.45) is 1.82. The Bertz CT molecular complexity index is 461. The Kier molecular flexibility index (Phi) is 4.96. The Morgan fingerprint density at radius 3 is 2.48 bits per heavy atom. The van der Waals surface area contributed by atoms with Crippen molar-refractivity contribution >= 4 is 5.91 Å². The van der Waals surface area contributed by atoms with Gasteiger partial charge in [-0.3, -0.25) is 14.7 Å². The van der Waals surface area contributed by atoms with Crippen LogP contribution in [0.5, 0.6) is 0 Å². The van der Waals surface area contributed by atoms with Crippen LogP contribution in [0.3, 0.4) is 0 Å². The van der Waals surface area contributed by atoms with Crippen LogP contribution >= 0.6 is 0 Å². The number of hydrogen-bond acceptors (Lipinski definition) is 4. The molecule has 2 rings (SSSR count). The molecule has 1 amide bonds. The van der Waals surface area contributed by atoms with Crippen molar-refractivity contribution in [2.45, 2.75) is 33.4 Å². The highest BCUT2D eigenvalue weighted by atomic mass is 16.2. The Morgan fingerprint density at radius 1 is 1.29 bits per heavy atom. The van der Waals surface area contributed by atoms with Crippen molar-refractivity contribution in [3.8, 4) is 0 Å². The van der Waals surface area contributed by atoms with Crippen LogP contribution in [0.15, 0.2) is 24.4 Å². The van der Waals surface area contributed by atoms with E-state index < -0.39 is 6.04 Å².